The number of amides is 1. The first-order valence-electron chi connectivity index (χ1n) is 13.4. The minimum absolute atomic E-state index is 0.0996. The molecule has 4 rings (SSSR count). The van der Waals surface area contributed by atoms with Gasteiger partial charge in [0.15, 0.2) is 17.2 Å². The number of nitrogens with zero attached hydrogens (tertiary/aromatic N) is 7. The van der Waals surface area contributed by atoms with Gasteiger partial charge in [-0.25, -0.2) is 9.78 Å². The molecule has 1 aliphatic heterocycles. The van der Waals surface area contributed by atoms with Gasteiger partial charge in [-0.2, -0.15) is 20.0 Å². The highest BCUT2D eigenvalue weighted by Gasteiger charge is 2.35. The first-order chi connectivity index (χ1) is 20.7. The fourth-order valence-corrected chi connectivity index (χ4v) is 4.85. The van der Waals surface area contributed by atoms with E-state index in [1.54, 1.807) is 12.1 Å². The molecule has 1 saturated heterocycles. The summed E-state index contributed by atoms with van der Waals surface area (Å²) in [6.07, 6.45) is 0.488. The second-order valence-corrected chi connectivity index (χ2v) is 9.91. The number of benzene rings is 1. The lowest BCUT2D eigenvalue weighted by Gasteiger charge is -2.40. The van der Waals surface area contributed by atoms with Crippen molar-refractivity contribution in [2.24, 2.45) is 11.5 Å². The zero-order valence-electron chi connectivity index (χ0n) is 23.5. The topological polar surface area (TPSA) is 235 Å². The van der Waals surface area contributed by atoms with E-state index in [9.17, 15) is 20.1 Å². The van der Waals surface area contributed by atoms with Crippen LogP contribution in [0.4, 0.5) is 27.9 Å². The number of nitrogens with one attached hydrogen (secondary N) is 3. The summed E-state index contributed by atoms with van der Waals surface area (Å²) in [6.45, 7) is 3.14. The van der Waals surface area contributed by atoms with Crippen molar-refractivity contribution < 1.29 is 19.1 Å². The fraction of sp³-hybridized carbons (Fsp3) is 0.423. The zero-order chi connectivity index (χ0) is 31.1. The first-order valence-corrected chi connectivity index (χ1v) is 13.8. The van der Waals surface area contributed by atoms with Crippen molar-refractivity contribution in [1.29, 1.82) is 10.5 Å². The van der Waals surface area contributed by atoms with Gasteiger partial charge in [-0.3, -0.25) is 4.79 Å². The van der Waals surface area contributed by atoms with E-state index in [0.29, 0.717) is 42.4 Å². The molecule has 3 aromatic rings. The SMILES string of the molecule is CCNc1nc(Nc2cc(C#N)cc(N3CC[C@@H](NC(=O)OC)C(OC(=O)[C@@H](N)CCN)C3)c2Cl)nn2c(C#N)cnc12. The number of imidazole rings is 1. The van der Waals surface area contributed by atoms with Crippen LogP contribution in [0.3, 0.4) is 0 Å². The van der Waals surface area contributed by atoms with Crippen molar-refractivity contribution in [3.8, 4) is 12.1 Å². The highest BCUT2D eigenvalue weighted by molar-refractivity contribution is 6.36. The van der Waals surface area contributed by atoms with Crippen LogP contribution < -0.4 is 32.3 Å². The molecule has 3 atom stereocenters. The van der Waals surface area contributed by atoms with Gasteiger partial charge < -0.3 is 41.8 Å². The monoisotopic (exact) mass is 610 g/mol. The van der Waals surface area contributed by atoms with Gasteiger partial charge >= 0.3 is 12.1 Å². The van der Waals surface area contributed by atoms with Gasteiger partial charge in [0.1, 0.15) is 18.2 Å². The standard InChI is InChI=1S/C26H31ClN12O4/c1-3-32-22-23-33-12-15(11-30)39(23)37-25(36-22)34-18-8-14(10-29)9-19(21(18)27)38-7-5-17(35-26(41)42-2)20(13-38)43-24(40)16(31)4-6-28/h8-9,12,16-17,20H,3-7,13,28,31H2,1-2H3,(H,35,41)(H2,32,34,36,37)/t16-,17+,20?/m0/s1. The number of hydrogen-bond donors (Lipinski definition) is 5. The number of rotatable bonds is 10. The Hall–Kier alpha value is -4.90. The summed E-state index contributed by atoms with van der Waals surface area (Å²) in [5, 5.41) is 32.8. The third-order valence-electron chi connectivity index (χ3n) is 6.69. The number of hydrogen-bond acceptors (Lipinski definition) is 14. The Morgan fingerprint density at radius 2 is 2.09 bits per heavy atom. The molecule has 3 heterocycles. The number of fused-ring (bicyclic) bond motifs is 1. The number of carbonyl (C=O) groups is 2. The highest BCUT2D eigenvalue weighted by Crippen LogP contribution is 2.37. The number of alkyl carbamates (subject to hydrolysis) is 1. The lowest BCUT2D eigenvalue weighted by Crippen LogP contribution is -2.56. The second kappa shape index (κ2) is 13.8. The van der Waals surface area contributed by atoms with E-state index in [1.165, 1.54) is 17.8 Å². The van der Waals surface area contributed by atoms with Crippen LogP contribution in [0.1, 0.15) is 31.0 Å². The molecule has 16 nitrogen and oxygen atoms in total. The fourth-order valence-electron chi connectivity index (χ4n) is 4.58. The van der Waals surface area contributed by atoms with Crippen LogP contribution >= 0.6 is 11.6 Å². The average Bonchev–Trinajstić information content (AvgIpc) is 3.42. The number of nitrogens with two attached hydrogens (primary N) is 2. The molecule has 0 spiro atoms. The molecule has 1 aliphatic rings. The van der Waals surface area contributed by atoms with Crippen molar-refractivity contribution in [3.05, 3.63) is 34.6 Å². The van der Waals surface area contributed by atoms with E-state index < -0.39 is 30.3 Å². The Labute approximate surface area is 251 Å². The minimum Gasteiger partial charge on any atom is -0.457 e. The molecule has 2 aromatic heterocycles. The molecule has 43 heavy (non-hydrogen) atoms. The predicted octanol–water partition coefficient (Wildman–Crippen LogP) is 1.22. The summed E-state index contributed by atoms with van der Waals surface area (Å²) < 4.78 is 11.8. The molecular formula is C26H31ClN12O4. The molecule has 1 fully saturated rings. The number of anilines is 4. The van der Waals surface area contributed by atoms with Gasteiger partial charge in [-0.15, -0.1) is 5.10 Å². The van der Waals surface area contributed by atoms with Crippen molar-refractivity contribution in [1.82, 2.24) is 24.9 Å². The van der Waals surface area contributed by atoms with Crippen LogP contribution in [0.25, 0.3) is 5.65 Å². The Morgan fingerprint density at radius 3 is 2.77 bits per heavy atom. The minimum atomic E-state index is -0.929. The molecular weight excluding hydrogens is 580 g/mol. The van der Waals surface area contributed by atoms with Crippen molar-refractivity contribution in [3.63, 3.8) is 0 Å². The van der Waals surface area contributed by atoms with Crippen molar-refractivity contribution >= 4 is 52.5 Å². The van der Waals surface area contributed by atoms with E-state index >= 15 is 0 Å². The average molecular weight is 611 g/mol. The van der Waals surface area contributed by atoms with Crippen LogP contribution in [0.5, 0.6) is 0 Å². The highest BCUT2D eigenvalue weighted by atomic mass is 35.5. The lowest BCUT2D eigenvalue weighted by atomic mass is 10.00. The van der Waals surface area contributed by atoms with Crippen LogP contribution in [0, 0.1) is 22.7 Å². The normalized spacial score (nSPS) is 17.0. The Kier molecular flexibility index (Phi) is 9.99. The zero-order valence-corrected chi connectivity index (χ0v) is 24.3. The molecule has 17 heteroatoms. The predicted molar refractivity (Wildman–Crippen MR) is 157 cm³/mol. The van der Waals surface area contributed by atoms with Crippen LogP contribution in [-0.2, 0) is 14.3 Å². The molecule has 0 bridgehead atoms. The largest absolute Gasteiger partial charge is 0.457 e. The van der Waals surface area contributed by atoms with Gasteiger partial charge in [0.2, 0.25) is 5.95 Å². The summed E-state index contributed by atoms with van der Waals surface area (Å²) >= 11 is 6.88. The van der Waals surface area contributed by atoms with Gasteiger partial charge in [-0.05, 0) is 38.4 Å². The number of carbonyl (C=O) groups excluding carboxylic acids is 2. The number of methoxy groups -OCH3 is 1. The number of ether oxygens (including phenoxy) is 2. The maximum absolute atomic E-state index is 12.7. The number of esters is 1. The molecule has 226 valence electrons. The molecule has 1 amide bonds. The Morgan fingerprint density at radius 1 is 1.30 bits per heavy atom. The van der Waals surface area contributed by atoms with Crippen LogP contribution in [0.15, 0.2) is 18.3 Å². The summed E-state index contributed by atoms with van der Waals surface area (Å²) in [7, 11) is 1.24. The van der Waals surface area contributed by atoms with E-state index in [4.69, 9.17) is 32.5 Å². The molecule has 0 aliphatic carbocycles. The molecule has 1 unspecified atom stereocenters. The molecule has 0 radical (unpaired) electrons. The smallest absolute Gasteiger partial charge is 0.407 e. The van der Waals surface area contributed by atoms with E-state index in [2.05, 4.69) is 37.1 Å². The van der Waals surface area contributed by atoms with Gasteiger partial charge in [0, 0.05) is 13.1 Å². The third kappa shape index (κ3) is 6.95. The number of nitriles is 2. The summed E-state index contributed by atoms with van der Waals surface area (Å²) in [4.78, 5) is 35.2. The molecule has 1 aromatic carbocycles. The maximum atomic E-state index is 12.7. The summed E-state index contributed by atoms with van der Waals surface area (Å²) in [5.41, 5.74) is 13.1. The Balaban J connectivity index is 1.67. The molecule has 0 saturated carbocycles. The summed E-state index contributed by atoms with van der Waals surface area (Å²) in [6, 6.07) is 5.82. The van der Waals surface area contributed by atoms with Crippen LogP contribution in [0.2, 0.25) is 5.02 Å². The van der Waals surface area contributed by atoms with Gasteiger partial charge in [0.25, 0.3) is 0 Å². The van der Waals surface area contributed by atoms with Gasteiger partial charge in [-0.1, -0.05) is 11.6 Å². The lowest BCUT2D eigenvalue weighted by molar-refractivity contribution is -0.152. The second-order valence-electron chi connectivity index (χ2n) is 9.54. The quantitative estimate of drug-likeness (QED) is 0.203. The van der Waals surface area contributed by atoms with Crippen LogP contribution in [-0.4, -0.2) is 83.1 Å². The number of aromatic nitrogens is 4. The van der Waals surface area contributed by atoms with Gasteiger partial charge in [0.05, 0.1) is 53.9 Å². The van der Waals surface area contributed by atoms with E-state index in [-0.39, 0.29) is 41.7 Å². The Bertz CT molecular complexity index is 1580. The third-order valence-corrected chi connectivity index (χ3v) is 7.08. The van der Waals surface area contributed by atoms with Crippen molar-refractivity contribution in [2.45, 2.75) is 38.0 Å². The number of halogens is 1. The number of piperidine rings is 1. The molecule has 7 N–H and O–H groups in total. The van der Waals surface area contributed by atoms with E-state index in [0.717, 1.165) is 0 Å². The van der Waals surface area contributed by atoms with E-state index in [1.807, 2.05) is 17.9 Å². The van der Waals surface area contributed by atoms with Crippen molar-refractivity contribution in [2.75, 3.05) is 48.8 Å². The summed E-state index contributed by atoms with van der Waals surface area (Å²) in [5.74, 6) is -0.164. The maximum Gasteiger partial charge on any atom is 0.407 e. The first kappa shape index (κ1) is 31.0.